The van der Waals surface area contributed by atoms with Crippen molar-refractivity contribution >= 4 is 15.7 Å². The lowest BCUT2D eigenvalue weighted by atomic mass is 10.1. The van der Waals surface area contributed by atoms with Gasteiger partial charge in [0.25, 0.3) is 0 Å². The molecule has 0 saturated carbocycles. The van der Waals surface area contributed by atoms with Gasteiger partial charge in [0.05, 0.1) is 10.6 Å². The number of anilines is 1. The zero-order chi connectivity index (χ0) is 16.4. The number of hydrogen-bond acceptors (Lipinski definition) is 4. The third-order valence-corrected chi connectivity index (χ3v) is 5.36. The van der Waals surface area contributed by atoms with Gasteiger partial charge in [0, 0.05) is 19.1 Å². The van der Waals surface area contributed by atoms with Crippen LogP contribution in [-0.4, -0.2) is 39.5 Å². The molecular formula is C14H24FN3O2S. The van der Waals surface area contributed by atoms with Crippen molar-refractivity contribution in [2.24, 2.45) is 0 Å². The Hall–Kier alpha value is -1.18. The maximum absolute atomic E-state index is 13.5. The van der Waals surface area contributed by atoms with Gasteiger partial charge in [-0.15, -0.1) is 0 Å². The molecule has 1 aromatic carbocycles. The van der Waals surface area contributed by atoms with Crippen LogP contribution in [0.1, 0.15) is 25.0 Å². The topological polar surface area (TPSA) is 75.4 Å². The van der Waals surface area contributed by atoms with Gasteiger partial charge in [0.15, 0.2) is 0 Å². The minimum absolute atomic E-state index is 0.0635. The molecule has 1 aromatic rings. The van der Waals surface area contributed by atoms with Crippen LogP contribution >= 0.6 is 0 Å². The van der Waals surface area contributed by atoms with Crippen LogP contribution in [0.3, 0.4) is 0 Å². The van der Waals surface area contributed by atoms with E-state index in [-0.39, 0.29) is 22.7 Å². The van der Waals surface area contributed by atoms with Crippen molar-refractivity contribution in [2.45, 2.75) is 38.6 Å². The van der Waals surface area contributed by atoms with Crippen LogP contribution < -0.4 is 10.5 Å². The van der Waals surface area contributed by atoms with Gasteiger partial charge in [0.2, 0.25) is 10.0 Å². The van der Waals surface area contributed by atoms with Crippen LogP contribution in [0, 0.1) is 19.7 Å². The Morgan fingerprint density at radius 2 is 1.95 bits per heavy atom. The van der Waals surface area contributed by atoms with Gasteiger partial charge < -0.3 is 10.6 Å². The van der Waals surface area contributed by atoms with Crippen molar-refractivity contribution in [1.29, 1.82) is 0 Å². The van der Waals surface area contributed by atoms with Crippen molar-refractivity contribution in [1.82, 2.24) is 9.62 Å². The molecule has 0 unspecified atom stereocenters. The molecule has 21 heavy (non-hydrogen) atoms. The van der Waals surface area contributed by atoms with Gasteiger partial charge in [-0.05, 0) is 51.9 Å². The van der Waals surface area contributed by atoms with Crippen LogP contribution in [0.5, 0.6) is 0 Å². The Kier molecular flexibility index (Phi) is 5.72. The molecule has 1 rings (SSSR count). The van der Waals surface area contributed by atoms with Crippen molar-refractivity contribution in [2.75, 3.05) is 25.9 Å². The van der Waals surface area contributed by atoms with Crippen LogP contribution in [0.25, 0.3) is 0 Å². The van der Waals surface area contributed by atoms with E-state index in [4.69, 9.17) is 5.73 Å². The zero-order valence-electron chi connectivity index (χ0n) is 13.2. The molecule has 0 bridgehead atoms. The highest BCUT2D eigenvalue weighted by Crippen LogP contribution is 2.27. The summed E-state index contributed by atoms with van der Waals surface area (Å²) >= 11 is 0. The molecule has 0 aliphatic heterocycles. The van der Waals surface area contributed by atoms with E-state index in [2.05, 4.69) is 4.72 Å². The molecule has 0 aliphatic carbocycles. The van der Waals surface area contributed by atoms with Crippen LogP contribution in [-0.2, 0) is 10.0 Å². The van der Waals surface area contributed by atoms with Gasteiger partial charge >= 0.3 is 0 Å². The standard InChI is InChI=1S/C14H24FN3O2S/c1-9(2)18(5)7-6-17-21(19,20)14-10(3)8-12(15)13(16)11(14)4/h8-9,17H,6-7,16H2,1-5H3. The predicted octanol–water partition coefficient (Wildman–Crippen LogP) is 1.64. The number of rotatable bonds is 6. The minimum atomic E-state index is -3.71. The number of aryl methyl sites for hydroxylation is 1. The average Bonchev–Trinajstić information content (AvgIpc) is 2.35. The summed E-state index contributed by atoms with van der Waals surface area (Å²) in [5.41, 5.74) is 6.06. The smallest absolute Gasteiger partial charge is 0.241 e. The van der Waals surface area contributed by atoms with Gasteiger partial charge in [-0.1, -0.05) is 0 Å². The highest BCUT2D eigenvalue weighted by molar-refractivity contribution is 7.89. The molecule has 0 amide bonds. The quantitative estimate of drug-likeness (QED) is 0.782. The lowest BCUT2D eigenvalue weighted by molar-refractivity contribution is 0.278. The molecule has 3 N–H and O–H groups in total. The summed E-state index contributed by atoms with van der Waals surface area (Å²) in [7, 11) is -1.78. The first kappa shape index (κ1) is 17.9. The van der Waals surface area contributed by atoms with Gasteiger partial charge in [-0.25, -0.2) is 17.5 Å². The second kappa shape index (κ2) is 6.72. The number of halogens is 1. The Balaban J connectivity index is 2.97. The maximum Gasteiger partial charge on any atom is 0.241 e. The van der Waals surface area contributed by atoms with Gasteiger partial charge in [-0.3, -0.25) is 0 Å². The fourth-order valence-corrected chi connectivity index (χ4v) is 3.53. The Bertz CT molecular complexity index is 615. The van der Waals surface area contributed by atoms with Crippen molar-refractivity contribution in [3.63, 3.8) is 0 Å². The molecule has 0 heterocycles. The summed E-state index contributed by atoms with van der Waals surface area (Å²) in [4.78, 5) is 2.09. The second-order valence-electron chi connectivity index (χ2n) is 5.52. The predicted molar refractivity (Wildman–Crippen MR) is 83.2 cm³/mol. The normalized spacial score (nSPS) is 12.4. The van der Waals surface area contributed by atoms with Gasteiger partial charge in [0.1, 0.15) is 5.82 Å². The van der Waals surface area contributed by atoms with Gasteiger partial charge in [-0.2, -0.15) is 0 Å². The zero-order valence-corrected chi connectivity index (χ0v) is 14.0. The fraction of sp³-hybridized carbons (Fsp3) is 0.571. The number of nitrogen functional groups attached to an aromatic ring is 1. The van der Waals surface area contributed by atoms with Crippen molar-refractivity contribution in [3.8, 4) is 0 Å². The van der Waals surface area contributed by atoms with E-state index in [0.29, 0.717) is 18.2 Å². The monoisotopic (exact) mass is 317 g/mol. The molecule has 0 fully saturated rings. The Morgan fingerprint density at radius 1 is 1.38 bits per heavy atom. The van der Waals surface area contributed by atoms with Crippen LogP contribution in [0.15, 0.2) is 11.0 Å². The van der Waals surface area contributed by atoms with E-state index in [1.54, 1.807) is 6.92 Å². The molecule has 0 aromatic heterocycles. The lowest BCUT2D eigenvalue weighted by Gasteiger charge is -2.21. The number of hydrogen-bond donors (Lipinski definition) is 2. The number of nitrogens with zero attached hydrogens (tertiary/aromatic N) is 1. The average molecular weight is 317 g/mol. The third kappa shape index (κ3) is 4.15. The molecule has 0 atom stereocenters. The Labute approximate surface area is 126 Å². The Morgan fingerprint density at radius 3 is 2.48 bits per heavy atom. The lowest BCUT2D eigenvalue weighted by Crippen LogP contribution is -2.36. The number of nitrogens with one attached hydrogen (secondary N) is 1. The summed E-state index contributed by atoms with van der Waals surface area (Å²) in [5.74, 6) is -0.594. The second-order valence-corrected chi connectivity index (χ2v) is 7.22. The summed E-state index contributed by atoms with van der Waals surface area (Å²) in [6.45, 7) is 8.01. The molecule has 7 heteroatoms. The van der Waals surface area contributed by atoms with E-state index < -0.39 is 15.8 Å². The van der Waals surface area contributed by atoms with E-state index in [1.165, 1.54) is 6.92 Å². The van der Waals surface area contributed by atoms with Crippen LogP contribution in [0.4, 0.5) is 10.1 Å². The van der Waals surface area contributed by atoms with Crippen LogP contribution in [0.2, 0.25) is 0 Å². The summed E-state index contributed by atoms with van der Waals surface area (Å²) in [5, 5.41) is 0. The molecule has 0 spiro atoms. The first-order chi connectivity index (χ1) is 9.58. The summed E-state index contributed by atoms with van der Waals surface area (Å²) < 4.78 is 40.8. The minimum Gasteiger partial charge on any atom is -0.396 e. The highest BCUT2D eigenvalue weighted by atomic mass is 32.2. The maximum atomic E-state index is 13.5. The summed E-state index contributed by atoms with van der Waals surface area (Å²) in [6.07, 6.45) is 0. The SMILES string of the molecule is Cc1cc(F)c(N)c(C)c1S(=O)(=O)NCCN(C)C(C)C. The fourth-order valence-electron chi connectivity index (χ4n) is 2.03. The number of sulfonamides is 1. The molecule has 0 saturated heterocycles. The van der Waals surface area contributed by atoms with E-state index in [0.717, 1.165) is 6.07 Å². The molecule has 120 valence electrons. The molecule has 5 nitrogen and oxygen atoms in total. The molecule has 0 radical (unpaired) electrons. The first-order valence-electron chi connectivity index (χ1n) is 6.83. The number of nitrogens with two attached hydrogens (primary N) is 1. The van der Waals surface area contributed by atoms with Crippen molar-refractivity contribution in [3.05, 3.63) is 23.0 Å². The number of benzene rings is 1. The largest absolute Gasteiger partial charge is 0.396 e. The van der Waals surface area contributed by atoms with E-state index >= 15 is 0 Å². The van der Waals surface area contributed by atoms with E-state index in [9.17, 15) is 12.8 Å². The highest BCUT2D eigenvalue weighted by Gasteiger charge is 2.22. The number of likely N-dealkylation sites (N-methyl/N-ethyl adjacent to an activating group) is 1. The first-order valence-corrected chi connectivity index (χ1v) is 8.31. The molecule has 0 aliphatic rings. The molecular weight excluding hydrogens is 293 g/mol. The van der Waals surface area contributed by atoms with Crippen molar-refractivity contribution < 1.29 is 12.8 Å². The summed E-state index contributed by atoms with van der Waals surface area (Å²) in [6, 6.07) is 1.48. The third-order valence-electron chi connectivity index (χ3n) is 3.61. The van der Waals surface area contributed by atoms with E-state index in [1.807, 2.05) is 25.8 Å².